The van der Waals surface area contributed by atoms with Crippen molar-refractivity contribution < 1.29 is 18.3 Å². The lowest BCUT2D eigenvalue weighted by molar-refractivity contribution is 0.330. The van der Waals surface area contributed by atoms with Crippen molar-refractivity contribution in [2.24, 2.45) is 0 Å². The van der Waals surface area contributed by atoms with Gasteiger partial charge in [-0.2, -0.15) is 0 Å². The van der Waals surface area contributed by atoms with E-state index in [0.717, 1.165) is 0 Å². The third-order valence-electron chi connectivity index (χ3n) is 0. The van der Waals surface area contributed by atoms with E-state index in [2.05, 4.69) is 0 Å². The maximum atomic E-state index is 9.19. The third-order valence-corrected chi connectivity index (χ3v) is 0. The summed E-state index contributed by atoms with van der Waals surface area (Å²) >= 11 is 0. The van der Waals surface area contributed by atoms with Crippen LogP contribution in [0.25, 0.3) is 0 Å². The van der Waals surface area contributed by atoms with Crippen LogP contribution in [0.1, 0.15) is 0 Å². The molecule has 3 nitrogen and oxygen atoms in total. The van der Waals surface area contributed by atoms with Gasteiger partial charge >= 0.3 is 9.17 Å². The highest BCUT2D eigenvalue weighted by atomic mass is 31.1. The zero-order valence-electron chi connectivity index (χ0n) is 2.63. The molecule has 0 aliphatic carbocycles. The predicted molar refractivity (Wildman–Crippen MR) is 18.9 cm³/mol. The second-order valence-corrected chi connectivity index (χ2v) is 0.848. The number of hydrogen-bond donors (Lipinski definition) is 2. The van der Waals surface area contributed by atoms with Crippen LogP contribution in [-0.4, -0.2) is 18.8 Å². The lowest BCUT2D eigenvalue weighted by Gasteiger charge is -1.55. The zero-order chi connectivity index (χ0) is 5.58. The first kappa shape index (κ1) is 9.36. The van der Waals surface area contributed by atoms with Gasteiger partial charge in [-0.15, -0.1) is 0 Å². The Morgan fingerprint density at radius 2 is 1.50 bits per heavy atom. The predicted octanol–water partition coefficient (Wildman–Crippen LogP) is -0.332. The minimum absolute atomic E-state index is 2.03. The molecule has 0 saturated carbocycles. The van der Waals surface area contributed by atoms with Crippen molar-refractivity contribution in [2.75, 3.05) is 0 Å². The van der Waals surface area contributed by atoms with Crippen LogP contribution < -0.4 is 0 Å². The van der Waals surface area contributed by atoms with Gasteiger partial charge in [-0.25, -0.2) is 4.20 Å². The Kier molecular flexibility index (Phi) is 13.9. The molecule has 0 spiro atoms. The second kappa shape index (κ2) is 8.88. The van der Waals surface area contributed by atoms with E-state index >= 15 is 0 Å². The molecule has 0 aromatic rings. The summed E-state index contributed by atoms with van der Waals surface area (Å²) in [4.78, 5) is 14.3. The van der Waals surface area contributed by atoms with Gasteiger partial charge in [0.15, 0.2) is 0 Å². The Balaban J connectivity index is 0. The highest BCUT2D eigenvalue weighted by Crippen LogP contribution is 1.66. The second-order valence-electron chi connectivity index (χ2n) is 0.283. The van der Waals surface area contributed by atoms with Crippen LogP contribution in [-0.2, 0) is 4.46 Å². The van der Waals surface area contributed by atoms with Gasteiger partial charge in [0.25, 0.3) is 0 Å². The first-order valence-corrected chi connectivity index (χ1v) is 2.46. The van der Waals surface area contributed by atoms with Gasteiger partial charge in [0.05, 0.1) is 0 Å². The summed E-state index contributed by atoms with van der Waals surface area (Å²) in [5.41, 5.74) is 0. The van der Waals surface area contributed by atoms with Crippen LogP contribution in [0.5, 0.6) is 0 Å². The summed E-state index contributed by atoms with van der Waals surface area (Å²) in [7, 11) is -1.10. The maximum Gasteiger partial charge on any atom is 0.761 e. The molecular formula is H2FO3PSi. The quantitative estimate of drug-likeness (QED) is 0.347. The number of halogens is 1. The minimum Gasteiger partial charge on any atom is -0.511 e. The Morgan fingerprint density at radius 1 is 1.50 bits per heavy atom. The van der Waals surface area contributed by atoms with Gasteiger partial charge in [-0.1, -0.05) is 0 Å². The van der Waals surface area contributed by atoms with Crippen molar-refractivity contribution in [1.29, 1.82) is 0 Å². The van der Waals surface area contributed by atoms with Crippen molar-refractivity contribution in [3.8, 4) is 0 Å². The molecule has 0 saturated heterocycles. The molecule has 0 fully saturated rings. The van der Waals surface area contributed by atoms with Crippen molar-refractivity contribution in [3.63, 3.8) is 0 Å². The monoisotopic (exact) mass is 128 g/mol. The van der Waals surface area contributed by atoms with Crippen molar-refractivity contribution in [1.82, 2.24) is 0 Å². The van der Waals surface area contributed by atoms with Gasteiger partial charge < -0.3 is 9.59 Å². The molecule has 0 aromatic heterocycles. The van der Waals surface area contributed by atoms with Crippen LogP contribution in [0.3, 0.4) is 0 Å². The van der Waals surface area contributed by atoms with Crippen molar-refractivity contribution in [3.05, 3.63) is 0 Å². The summed E-state index contributed by atoms with van der Waals surface area (Å²) in [6.45, 7) is 0. The van der Waals surface area contributed by atoms with E-state index in [-0.39, 0.29) is 0 Å². The van der Waals surface area contributed by atoms with E-state index in [1.165, 1.54) is 0 Å². The summed E-state index contributed by atoms with van der Waals surface area (Å²) in [6.07, 6.45) is 0. The fraction of sp³-hybridized carbons (Fsp3) is 0. The number of rotatable bonds is 0. The van der Waals surface area contributed by atoms with Gasteiger partial charge in [-0.05, 0) is 0 Å². The average Bonchev–Trinajstić information content (AvgIpc) is 1.41. The normalized spacial score (nSPS) is 5.00. The van der Waals surface area contributed by atoms with Crippen molar-refractivity contribution >= 4 is 18.7 Å². The third kappa shape index (κ3) is 65900. The fourth-order valence-electron chi connectivity index (χ4n) is 0. The molecule has 0 aliphatic heterocycles. The van der Waals surface area contributed by atoms with Gasteiger partial charge in [0.2, 0.25) is 9.55 Å². The highest BCUT2D eigenvalue weighted by Gasteiger charge is 1.85. The van der Waals surface area contributed by atoms with Crippen LogP contribution in [0, 0.1) is 0 Å². The first-order chi connectivity index (χ1) is 2.73. The van der Waals surface area contributed by atoms with E-state index in [9.17, 15) is 4.20 Å². The van der Waals surface area contributed by atoms with Crippen LogP contribution in [0.4, 0.5) is 4.20 Å². The molecule has 0 amide bonds. The topological polar surface area (TPSA) is 57.5 Å². The Labute approximate surface area is 38.0 Å². The van der Waals surface area contributed by atoms with E-state index in [0.29, 0.717) is 0 Å². The van der Waals surface area contributed by atoms with Crippen LogP contribution in [0.2, 0.25) is 0 Å². The molecule has 0 bridgehead atoms. The molecule has 0 unspecified atom stereocenters. The first-order valence-electron chi connectivity index (χ1n) is 0.820. The largest absolute Gasteiger partial charge is 0.761 e. The molecular weight excluding hydrogens is 126 g/mol. The smallest absolute Gasteiger partial charge is 0.511 e. The molecule has 2 radical (unpaired) electrons. The molecule has 6 heavy (non-hydrogen) atoms. The molecule has 0 rings (SSSR count). The molecule has 0 aromatic carbocycles. The van der Waals surface area contributed by atoms with Gasteiger partial charge in [0.1, 0.15) is 0 Å². The SMILES string of the molecule is F[P].O=[Si](O)O. The van der Waals surface area contributed by atoms with Gasteiger partial charge in [-0.3, -0.25) is 4.46 Å². The maximum absolute atomic E-state index is 9.19. The lowest BCUT2D eigenvalue weighted by Crippen LogP contribution is -1.90. The molecule has 0 aliphatic rings. The molecule has 6 heteroatoms. The van der Waals surface area contributed by atoms with Gasteiger partial charge in [0, 0.05) is 0 Å². The number of hydrogen-bond acceptors (Lipinski definition) is 1. The molecule has 0 atom stereocenters. The Bertz CT molecular complexity index is 33.8. The summed E-state index contributed by atoms with van der Waals surface area (Å²) < 4.78 is 17.9. The van der Waals surface area contributed by atoms with E-state index in [1.54, 1.807) is 0 Å². The molecule has 0 heterocycles. The lowest BCUT2D eigenvalue weighted by atomic mass is 15.8. The van der Waals surface area contributed by atoms with E-state index in [1.807, 2.05) is 9.55 Å². The van der Waals surface area contributed by atoms with Crippen LogP contribution >= 0.6 is 9.55 Å². The highest BCUT2D eigenvalue weighted by molar-refractivity contribution is 7.09. The van der Waals surface area contributed by atoms with Crippen LogP contribution in [0.15, 0.2) is 0 Å². The summed E-state index contributed by atoms with van der Waals surface area (Å²) in [5.74, 6) is 0. The van der Waals surface area contributed by atoms with E-state index in [4.69, 9.17) is 14.1 Å². The van der Waals surface area contributed by atoms with Crippen molar-refractivity contribution in [2.45, 2.75) is 0 Å². The molecule has 36 valence electrons. The van der Waals surface area contributed by atoms with E-state index < -0.39 is 9.17 Å². The summed E-state index contributed by atoms with van der Waals surface area (Å²) in [6, 6.07) is 0. The Morgan fingerprint density at radius 3 is 1.50 bits per heavy atom. The standard InChI is InChI=1S/FP.H2O3Si/c1-2;1-4(2)3/h;1-2H. The minimum atomic E-state index is -3.13. The summed E-state index contributed by atoms with van der Waals surface area (Å²) in [5, 5.41) is 0. The molecule has 2 N–H and O–H groups in total. The zero-order valence-corrected chi connectivity index (χ0v) is 4.52. The average molecular weight is 128 g/mol. The fourth-order valence-corrected chi connectivity index (χ4v) is 0. The Hall–Kier alpha value is -0.0231.